The molecular formula is C24H27N3O. The third-order valence-electron chi connectivity index (χ3n) is 5.62. The highest BCUT2D eigenvalue weighted by Gasteiger charge is 2.24. The van der Waals surface area contributed by atoms with E-state index in [9.17, 15) is 4.79 Å². The summed E-state index contributed by atoms with van der Waals surface area (Å²) in [4.78, 5) is 22.7. The number of imidazole rings is 1. The first-order valence-electron chi connectivity index (χ1n) is 10.1. The van der Waals surface area contributed by atoms with Gasteiger partial charge in [0.25, 0.3) is 0 Å². The first-order chi connectivity index (χ1) is 13.6. The summed E-state index contributed by atoms with van der Waals surface area (Å²) in [5.74, 6) is 2.06. The lowest BCUT2D eigenvalue weighted by atomic mass is 9.96. The number of para-hydroxylation sites is 2. The molecule has 1 saturated heterocycles. The fourth-order valence-corrected chi connectivity index (χ4v) is 3.80. The molecule has 0 spiro atoms. The lowest BCUT2D eigenvalue weighted by molar-refractivity contribution is -0.127. The first-order valence-corrected chi connectivity index (χ1v) is 10.1. The molecule has 1 aromatic heterocycles. The molecule has 1 amide bonds. The summed E-state index contributed by atoms with van der Waals surface area (Å²) >= 11 is 0. The lowest BCUT2D eigenvalue weighted by Gasteiger charge is -2.30. The Balaban J connectivity index is 1.34. The van der Waals surface area contributed by atoms with Crippen molar-refractivity contribution in [3.05, 3.63) is 71.6 Å². The van der Waals surface area contributed by atoms with Crippen LogP contribution in [0.3, 0.4) is 0 Å². The van der Waals surface area contributed by atoms with Gasteiger partial charge < -0.3 is 9.88 Å². The van der Waals surface area contributed by atoms with Crippen molar-refractivity contribution in [3.8, 4) is 0 Å². The average Bonchev–Trinajstić information content (AvgIpc) is 3.16. The predicted octanol–water partition coefficient (Wildman–Crippen LogP) is 5.11. The van der Waals surface area contributed by atoms with Crippen molar-refractivity contribution in [1.82, 2.24) is 14.9 Å². The zero-order valence-electron chi connectivity index (χ0n) is 16.6. The number of nitrogens with zero attached hydrogens (tertiary/aromatic N) is 2. The zero-order valence-corrected chi connectivity index (χ0v) is 16.6. The number of nitrogens with one attached hydrogen (secondary N) is 1. The summed E-state index contributed by atoms with van der Waals surface area (Å²) in [6, 6.07) is 16.5. The van der Waals surface area contributed by atoms with Gasteiger partial charge in [0.15, 0.2) is 0 Å². The number of amides is 1. The highest BCUT2D eigenvalue weighted by Crippen LogP contribution is 2.27. The van der Waals surface area contributed by atoms with Crippen LogP contribution in [0.15, 0.2) is 54.6 Å². The van der Waals surface area contributed by atoms with Crippen molar-refractivity contribution < 1.29 is 4.79 Å². The number of H-pyrrole nitrogens is 1. The Hall–Kier alpha value is -2.88. The minimum absolute atomic E-state index is 0.0935. The maximum Gasteiger partial charge on any atom is 0.246 e. The zero-order chi connectivity index (χ0) is 19.5. The molecule has 0 radical (unpaired) electrons. The van der Waals surface area contributed by atoms with Gasteiger partial charge in [-0.15, -0.1) is 0 Å². The molecule has 2 aromatic carbocycles. The van der Waals surface area contributed by atoms with Crippen molar-refractivity contribution in [2.24, 2.45) is 0 Å². The Morgan fingerprint density at radius 1 is 1.11 bits per heavy atom. The Kier molecular flexibility index (Phi) is 5.29. The van der Waals surface area contributed by atoms with Crippen molar-refractivity contribution >= 4 is 23.0 Å². The summed E-state index contributed by atoms with van der Waals surface area (Å²) in [6.45, 7) is 5.92. The third kappa shape index (κ3) is 4.01. The minimum atomic E-state index is 0.0935. The SMILES string of the molecule is CC(C)c1ccc(/C=C/C(=O)N2CCC(c3nc4ccccc4[nH]3)CC2)cc1. The summed E-state index contributed by atoms with van der Waals surface area (Å²) in [7, 11) is 0. The monoisotopic (exact) mass is 373 g/mol. The second-order valence-electron chi connectivity index (χ2n) is 7.89. The van der Waals surface area contributed by atoms with Crippen LogP contribution < -0.4 is 0 Å². The van der Waals surface area contributed by atoms with E-state index in [-0.39, 0.29) is 5.91 Å². The van der Waals surface area contributed by atoms with Crippen molar-refractivity contribution in [2.75, 3.05) is 13.1 Å². The number of rotatable bonds is 4. The van der Waals surface area contributed by atoms with Crippen LogP contribution in [-0.2, 0) is 4.79 Å². The van der Waals surface area contributed by atoms with Crippen LogP contribution in [0, 0.1) is 0 Å². The number of likely N-dealkylation sites (tertiary alicyclic amines) is 1. The van der Waals surface area contributed by atoms with Gasteiger partial charge in [-0.25, -0.2) is 4.98 Å². The van der Waals surface area contributed by atoms with Crippen LogP contribution in [0.4, 0.5) is 0 Å². The minimum Gasteiger partial charge on any atom is -0.342 e. The van der Waals surface area contributed by atoms with Crippen LogP contribution in [0.1, 0.15) is 55.5 Å². The molecule has 4 heteroatoms. The molecule has 1 aliphatic rings. The molecule has 144 valence electrons. The molecule has 1 fully saturated rings. The van der Waals surface area contributed by atoms with Gasteiger partial charge in [0.05, 0.1) is 11.0 Å². The highest BCUT2D eigenvalue weighted by atomic mass is 16.2. The number of carbonyl (C=O) groups is 1. The topological polar surface area (TPSA) is 49.0 Å². The highest BCUT2D eigenvalue weighted by molar-refractivity contribution is 5.91. The normalized spacial score (nSPS) is 15.8. The number of benzene rings is 2. The van der Waals surface area contributed by atoms with Gasteiger partial charge in [-0.1, -0.05) is 50.2 Å². The molecule has 0 bridgehead atoms. The maximum absolute atomic E-state index is 12.5. The first kappa shape index (κ1) is 18.5. The van der Waals surface area contributed by atoms with Crippen LogP contribution in [0.5, 0.6) is 0 Å². The van der Waals surface area contributed by atoms with E-state index >= 15 is 0 Å². The van der Waals surface area contributed by atoms with Crippen molar-refractivity contribution in [1.29, 1.82) is 0 Å². The van der Waals surface area contributed by atoms with Crippen LogP contribution in [0.25, 0.3) is 17.1 Å². The number of aromatic nitrogens is 2. The van der Waals surface area contributed by atoms with E-state index in [1.54, 1.807) is 6.08 Å². The van der Waals surface area contributed by atoms with Gasteiger partial charge in [0.1, 0.15) is 5.82 Å². The van der Waals surface area contributed by atoms with E-state index in [4.69, 9.17) is 4.98 Å². The third-order valence-corrected chi connectivity index (χ3v) is 5.62. The van der Waals surface area contributed by atoms with E-state index in [0.29, 0.717) is 11.8 Å². The molecule has 4 rings (SSSR count). The summed E-state index contributed by atoms with van der Waals surface area (Å²) in [5.41, 5.74) is 4.48. The Bertz CT molecular complexity index is 944. The second kappa shape index (κ2) is 8.01. The Morgan fingerprint density at radius 2 is 1.82 bits per heavy atom. The molecule has 28 heavy (non-hydrogen) atoms. The van der Waals surface area contributed by atoms with E-state index in [0.717, 1.165) is 48.4 Å². The molecule has 0 unspecified atom stereocenters. The predicted molar refractivity (Wildman–Crippen MR) is 114 cm³/mol. The Morgan fingerprint density at radius 3 is 2.50 bits per heavy atom. The van der Waals surface area contributed by atoms with E-state index in [1.807, 2.05) is 29.2 Å². The molecule has 1 aliphatic heterocycles. The van der Waals surface area contributed by atoms with Gasteiger partial charge in [-0.2, -0.15) is 0 Å². The quantitative estimate of drug-likeness (QED) is 0.646. The molecule has 3 aromatic rings. The van der Waals surface area contributed by atoms with Gasteiger partial charge in [-0.3, -0.25) is 4.79 Å². The smallest absolute Gasteiger partial charge is 0.246 e. The number of fused-ring (bicyclic) bond motifs is 1. The molecule has 4 nitrogen and oxygen atoms in total. The summed E-state index contributed by atoms with van der Waals surface area (Å²) in [6.07, 6.45) is 5.51. The second-order valence-corrected chi connectivity index (χ2v) is 7.89. The fourth-order valence-electron chi connectivity index (χ4n) is 3.80. The fraction of sp³-hybridized carbons (Fsp3) is 0.333. The summed E-state index contributed by atoms with van der Waals surface area (Å²) < 4.78 is 0. The number of hydrogen-bond acceptors (Lipinski definition) is 2. The Labute approximate surface area is 166 Å². The maximum atomic E-state index is 12.5. The van der Waals surface area contributed by atoms with Crippen LogP contribution in [-0.4, -0.2) is 33.9 Å². The summed E-state index contributed by atoms with van der Waals surface area (Å²) in [5, 5.41) is 0. The largest absolute Gasteiger partial charge is 0.342 e. The number of carbonyl (C=O) groups excluding carboxylic acids is 1. The van der Waals surface area contributed by atoms with E-state index in [2.05, 4.69) is 49.2 Å². The number of piperidine rings is 1. The number of hydrogen-bond donors (Lipinski definition) is 1. The van der Waals surface area contributed by atoms with Gasteiger partial charge >= 0.3 is 0 Å². The van der Waals surface area contributed by atoms with Gasteiger partial charge in [0, 0.05) is 25.1 Å². The van der Waals surface area contributed by atoms with E-state index in [1.165, 1.54) is 5.56 Å². The molecule has 2 heterocycles. The number of aromatic amines is 1. The lowest BCUT2D eigenvalue weighted by Crippen LogP contribution is -2.37. The average molecular weight is 374 g/mol. The molecule has 0 aliphatic carbocycles. The van der Waals surface area contributed by atoms with E-state index < -0.39 is 0 Å². The van der Waals surface area contributed by atoms with Crippen molar-refractivity contribution in [3.63, 3.8) is 0 Å². The van der Waals surface area contributed by atoms with Crippen LogP contribution in [0.2, 0.25) is 0 Å². The van der Waals surface area contributed by atoms with Crippen LogP contribution >= 0.6 is 0 Å². The molecule has 1 N–H and O–H groups in total. The van der Waals surface area contributed by atoms with Gasteiger partial charge in [-0.05, 0) is 48.1 Å². The molecule has 0 saturated carbocycles. The molecular weight excluding hydrogens is 346 g/mol. The van der Waals surface area contributed by atoms with Gasteiger partial charge in [0.2, 0.25) is 5.91 Å². The van der Waals surface area contributed by atoms with Crippen molar-refractivity contribution in [2.45, 2.75) is 38.5 Å². The molecule has 0 atom stereocenters. The standard InChI is InChI=1S/C24H27N3O/c1-17(2)19-10-7-18(8-11-19)9-12-23(28)27-15-13-20(14-16-27)24-25-21-5-3-4-6-22(21)26-24/h3-12,17,20H,13-16H2,1-2H3,(H,25,26)/b12-9+.